The molecule has 7 rings (SSSR count). The van der Waals surface area contributed by atoms with Crippen molar-refractivity contribution in [2.45, 2.75) is 37.9 Å². The Morgan fingerprint density at radius 2 is 1.82 bits per heavy atom. The average Bonchev–Trinajstić information content (AvgIpc) is 3.43. The van der Waals surface area contributed by atoms with Crippen LogP contribution >= 0.6 is 0 Å². The molecule has 44 heavy (non-hydrogen) atoms. The first-order valence-corrected chi connectivity index (χ1v) is 15.6. The second kappa shape index (κ2) is 11.4. The quantitative estimate of drug-likeness (QED) is 0.449. The van der Waals surface area contributed by atoms with Crippen molar-refractivity contribution >= 4 is 29.2 Å². The minimum Gasteiger partial charge on any atom is -0.396 e. The number of aryl methyl sites for hydroxylation is 2. The third kappa shape index (κ3) is 4.84. The van der Waals surface area contributed by atoms with Crippen molar-refractivity contribution in [2.24, 2.45) is 18.0 Å². The molecule has 0 saturated carbocycles. The maximum atomic E-state index is 14.4. The summed E-state index contributed by atoms with van der Waals surface area (Å²) >= 11 is 0. The molecule has 2 N–H and O–H groups in total. The van der Waals surface area contributed by atoms with E-state index >= 15 is 0 Å². The predicted molar refractivity (Wildman–Crippen MR) is 171 cm³/mol. The number of carbonyl (C=O) groups is 1. The molecule has 0 aromatic carbocycles. The molecule has 4 aliphatic rings. The molecule has 11 heteroatoms. The van der Waals surface area contributed by atoms with Gasteiger partial charge in [-0.1, -0.05) is 0 Å². The number of fused-ring (bicyclic) bond motifs is 3. The molecule has 1 saturated heterocycles. The number of hydrogen-bond acceptors (Lipinski definition) is 8. The molecule has 0 radical (unpaired) electrons. The van der Waals surface area contributed by atoms with E-state index in [9.17, 15) is 14.7 Å². The lowest BCUT2D eigenvalue weighted by molar-refractivity contribution is 0.0469. The summed E-state index contributed by atoms with van der Waals surface area (Å²) in [4.78, 5) is 42.6. The molecule has 3 aliphatic heterocycles. The van der Waals surface area contributed by atoms with Crippen molar-refractivity contribution < 1.29 is 9.90 Å². The summed E-state index contributed by atoms with van der Waals surface area (Å²) in [5.74, 6) is -0.0990. The Morgan fingerprint density at radius 1 is 1.00 bits per heavy atom. The molecule has 6 heterocycles. The van der Waals surface area contributed by atoms with Gasteiger partial charge in [0, 0.05) is 70.5 Å². The fourth-order valence-corrected chi connectivity index (χ4v) is 7.28. The second-order valence-corrected chi connectivity index (χ2v) is 12.4. The number of anilines is 2. The van der Waals surface area contributed by atoms with Crippen LogP contribution in [0.15, 0.2) is 58.7 Å². The lowest BCUT2D eigenvalue weighted by Crippen LogP contribution is -2.66. The smallest absolute Gasteiger partial charge is 0.272 e. The van der Waals surface area contributed by atoms with Gasteiger partial charge in [0.25, 0.3) is 5.91 Å². The molecule has 2 unspecified atom stereocenters. The molecule has 3 aromatic rings. The first-order chi connectivity index (χ1) is 21.4. The lowest BCUT2D eigenvalue weighted by atomic mass is 9.80. The Bertz CT molecular complexity index is 1680. The van der Waals surface area contributed by atoms with Crippen LogP contribution < -0.4 is 15.8 Å². The maximum absolute atomic E-state index is 14.4. The van der Waals surface area contributed by atoms with Gasteiger partial charge in [0.05, 0.1) is 30.6 Å². The van der Waals surface area contributed by atoms with E-state index < -0.39 is 11.6 Å². The monoisotopic (exact) mass is 596 g/mol. The summed E-state index contributed by atoms with van der Waals surface area (Å²) in [5, 5.41) is 14.6. The Balaban J connectivity index is 1.28. The number of piperazine rings is 1. The van der Waals surface area contributed by atoms with Crippen molar-refractivity contribution in [3.05, 3.63) is 81.8 Å². The molecule has 11 nitrogen and oxygen atoms in total. The van der Waals surface area contributed by atoms with Gasteiger partial charge >= 0.3 is 0 Å². The van der Waals surface area contributed by atoms with Crippen molar-refractivity contribution in [1.82, 2.24) is 23.9 Å². The van der Waals surface area contributed by atoms with E-state index in [1.807, 2.05) is 17.2 Å². The van der Waals surface area contributed by atoms with Crippen LogP contribution in [-0.2, 0) is 26.4 Å². The highest BCUT2D eigenvalue weighted by Crippen LogP contribution is 2.40. The van der Waals surface area contributed by atoms with E-state index in [1.165, 1.54) is 21.9 Å². The second-order valence-electron chi connectivity index (χ2n) is 12.4. The molecular weight excluding hydrogens is 556 g/mol. The topological polar surface area (TPSA) is 111 Å². The minimum atomic E-state index is -1.21. The summed E-state index contributed by atoms with van der Waals surface area (Å²) < 4.78 is 3.71. The standard InChI is InChI=1S/C33H40N8O3/c1-37-11-13-39(14-12-37)25-8-9-30(35-18-25)36-33(22-34-19-26(27(33)21-42)24-7-10-31(43)38(2)20-24)41-16-15-40-28-6-4-3-5-23(28)17-29(40)32(41)44/h7-10,17-20,22,27,42H,3-6,11-16,21H2,1-2H3,(H,35,36). The van der Waals surface area contributed by atoms with Crippen molar-refractivity contribution in [1.29, 1.82) is 0 Å². The number of rotatable bonds is 6. The molecule has 1 fully saturated rings. The largest absolute Gasteiger partial charge is 0.396 e. The SMILES string of the molecule is CN1CCN(c2ccc(NC3(N4CCn5c(cc6c5CCCC6)C4=O)C=NC=C(c4ccc(=O)n(C)c4)C3CO)nc2)CC1. The number of pyridine rings is 2. The molecule has 0 spiro atoms. The Morgan fingerprint density at radius 3 is 2.57 bits per heavy atom. The van der Waals surface area contributed by atoms with Crippen molar-refractivity contribution in [3.8, 4) is 0 Å². The number of carbonyl (C=O) groups excluding carboxylic acids is 1. The number of aromatic nitrogens is 3. The highest BCUT2D eigenvalue weighted by atomic mass is 16.3. The van der Waals surface area contributed by atoms with Gasteiger partial charge in [-0.3, -0.25) is 14.6 Å². The number of nitrogens with zero attached hydrogens (tertiary/aromatic N) is 7. The van der Waals surface area contributed by atoms with Gasteiger partial charge in [-0.05, 0) is 73.7 Å². The van der Waals surface area contributed by atoms with E-state index in [0.717, 1.165) is 68.7 Å². The number of aliphatic hydroxyl groups excluding tert-OH is 1. The van der Waals surface area contributed by atoms with E-state index in [1.54, 1.807) is 31.7 Å². The summed E-state index contributed by atoms with van der Waals surface area (Å²) in [6.07, 6.45) is 11.4. The minimum absolute atomic E-state index is 0.0983. The Kier molecular flexibility index (Phi) is 7.37. The van der Waals surface area contributed by atoms with Crippen LogP contribution in [0.1, 0.15) is 40.2 Å². The zero-order valence-electron chi connectivity index (χ0n) is 25.4. The fraction of sp³-hybridized carbons (Fsp3) is 0.455. The Hall–Kier alpha value is -4.22. The number of hydrogen-bond donors (Lipinski definition) is 2. The highest BCUT2D eigenvalue weighted by Gasteiger charge is 2.50. The first kappa shape index (κ1) is 28.5. The lowest BCUT2D eigenvalue weighted by Gasteiger charge is -2.49. The van der Waals surface area contributed by atoms with Gasteiger partial charge in [-0.15, -0.1) is 0 Å². The molecule has 3 aromatic heterocycles. The molecule has 230 valence electrons. The predicted octanol–water partition coefficient (Wildman–Crippen LogP) is 2.21. The third-order valence-corrected chi connectivity index (χ3v) is 9.80. The van der Waals surface area contributed by atoms with Crippen molar-refractivity contribution in [2.75, 3.05) is 56.6 Å². The van der Waals surface area contributed by atoms with Gasteiger partial charge in [-0.25, -0.2) is 4.98 Å². The van der Waals surface area contributed by atoms with E-state index in [-0.39, 0.29) is 18.1 Å². The van der Waals surface area contributed by atoms with E-state index in [0.29, 0.717) is 24.6 Å². The van der Waals surface area contributed by atoms with E-state index in [4.69, 9.17) is 4.98 Å². The number of aliphatic imine (C=N–C) groups is 1. The van der Waals surface area contributed by atoms with Crippen LogP contribution in [-0.4, -0.2) is 93.2 Å². The number of amides is 1. The molecule has 0 bridgehead atoms. The first-order valence-electron chi connectivity index (χ1n) is 15.6. The number of nitrogens with one attached hydrogen (secondary N) is 1. The van der Waals surface area contributed by atoms with Gasteiger partial charge in [0.2, 0.25) is 5.56 Å². The fourth-order valence-electron chi connectivity index (χ4n) is 7.28. The molecule has 2 atom stereocenters. The average molecular weight is 597 g/mol. The van der Waals surface area contributed by atoms with E-state index in [2.05, 4.69) is 43.9 Å². The van der Waals surface area contributed by atoms with Gasteiger partial charge < -0.3 is 34.3 Å². The zero-order chi connectivity index (χ0) is 30.4. The molecule has 1 amide bonds. The molecular formula is C33H40N8O3. The number of aliphatic hydroxyl groups is 1. The maximum Gasteiger partial charge on any atom is 0.272 e. The van der Waals surface area contributed by atoms with Crippen molar-refractivity contribution in [3.63, 3.8) is 0 Å². The normalized spacial score (nSPS) is 23.8. The summed E-state index contributed by atoms with van der Waals surface area (Å²) in [6.45, 7) is 4.74. The summed E-state index contributed by atoms with van der Waals surface area (Å²) in [6, 6.07) is 9.33. The third-order valence-electron chi connectivity index (χ3n) is 9.80. The van der Waals surface area contributed by atoms with Crippen LogP contribution in [0, 0.1) is 5.92 Å². The van der Waals surface area contributed by atoms with Gasteiger partial charge in [0.1, 0.15) is 11.5 Å². The summed E-state index contributed by atoms with van der Waals surface area (Å²) in [7, 11) is 3.84. The number of likely N-dealkylation sites (N-methyl/N-ethyl adjacent to an activating group) is 1. The highest BCUT2D eigenvalue weighted by molar-refractivity contribution is 5.99. The van der Waals surface area contributed by atoms with Crippen LogP contribution in [0.2, 0.25) is 0 Å². The molecule has 1 aliphatic carbocycles. The van der Waals surface area contributed by atoms with Crippen LogP contribution in [0.5, 0.6) is 0 Å². The zero-order valence-corrected chi connectivity index (χ0v) is 25.4. The van der Waals surface area contributed by atoms with Gasteiger partial charge in [0.15, 0.2) is 5.66 Å². The van der Waals surface area contributed by atoms with Crippen LogP contribution in [0.3, 0.4) is 0 Å². The Labute approximate surface area is 257 Å². The van der Waals surface area contributed by atoms with Gasteiger partial charge in [-0.2, -0.15) is 0 Å². The van der Waals surface area contributed by atoms with Crippen LogP contribution in [0.25, 0.3) is 5.57 Å². The van der Waals surface area contributed by atoms with Crippen LogP contribution in [0.4, 0.5) is 11.5 Å². The summed E-state index contributed by atoms with van der Waals surface area (Å²) in [5.41, 5.74) is 4.46.